The second kappa shape index (κ2) is 8.76. The molecule has 6 heteroatoms. The van der Waals surface area contributed by atoms with Crippen LogP contribution in [0.4, 0.5) is 4.39 Å². The number of nitriles is 1. The molecule has 2 aromatic rings. The van der Waals surface area contributed by atoms with Gasteiger partial charge in [-0.1, -0.05) is 24.3 Å². The summed E-state index contributed by atoms with van der Waals surface area (Å²) >= 11 is 0. The Kier molecular flexibility index (Phi) is 6.17. The van der Waals surface area contributed by atoms with Crippen LogP contribution in [0.2, 0.25) is 0 Å². The number of hydrogen-bond donors (Lipinski definition) is 1. The van der Waals surface area contributed by atoms with Crippen molar-refractivity contribution in [1.29, 1.82) is 5.26 Å². The van der Waals surface area contributed by atoms with Gasteiger partial charge in [-0.05, 0) is 42.4 Å². The Balaban J connectivity index is 1.76. The average Bonchev–Trinajstić information content (AvgIpc) is 2.70. The second-order valence-corrected chi connectivity index (χ2v) is 6.82. The number of nitrogens with one attached hydrogen (secondary N) is 1. The lowest BCUT2D eigenvalue weighted by atomic mass is 10.0. The van der Waals surface area contributed by atoms with E-state index in [1.165, 1.54) is 12.1 Å². The van der Waals surface area contributed by atoms with Crippen LogP contribution in [-0.2, 0) is 11.3 Å². The Morgan fingerprint density at radius 1 is 1.11 bits per heavy atom. The van der Waals surface area contributed by atoms with Gasteiger partial charge in [0, 0.05) is 32.7 Å². The van der Waals surface area contributed by atoms with Gasteiger partial charge in [-0.25, -0.2) is 4.39 Å². The van der Waals surface area contributed by atoms with Crippen molar-refractivity contribution in [2.45, 2.75) is 12.6 Å². The van der Waals surface area contributed by atoms with Crippen molar-refractivity contribution in [2.75, 3.05) is 33.2 Å². The third-order valence-corrected chi connectivity index (χ3v) is 4.89. The Bertz CT molecular complexity index is 806. The minimum Gasteiger partial charge on any atom is -0.350 e. The fraction of sp³-hybridized carbons (Fsp3) is 0.333. The lowest BCUT2D eigenvalue weighted by Crippen LogP contribution is -2.49. The number of halogens is 1. The molecule has 1 heterocycles. The number of carbonyl (C=O) groups excluding carboxylic acids is 1. The fourth-order valence-electron chi connectivity index (χ4n) is 3.24. The van der Waals surface area contributed by atoms with E-state index in [0.717, 1.165) is 37.3 Å². The Morgan fingerprint density at radius 2 is 1.74 bits per heavy atom. The van der Waals surface area contributed by atoms with E-state index in [9.17, 15) is 9.18 Å². The summed E-state index contributed by atoms with van der Waals surface area (Å²) in [5.74, 6) is -0.383. The van der Waals surface area contributed by atoms with E-state index in [1.807, 2.05) is 12.1 Å². The van der Waals surface area contributed by atoms with Crippen molar-refractivity contribution in [1.82, 2.24) is 15.1 Å². The molecule has 0 saturated carbocycles. The van der Waals surface area contributed by atoms with Crippen LogP contribution < -0.4 is 5.32 Å². The summed E-state index contributed by atoms with van der Waals surface area (Å²) in [4.78, 5) is 17.4. The number of nitrogens with zero attached hydrogens (tertiary/aromatic N) is 3. The lowest BCUT2D eigenvalue weighted by molar-refractivity contribution is -0.127. The summed E-state index contributed by atoms with van der Waals surface area (Å²) in [5, 5.41) is 12.0. The van der Waals surface area contributed by atoms with Crippen LogP contribution in [0.25, 0.3) is 0 Å². The zero-order valence-corrected chi connectivity index (χ0v) is 15.4. The summed E-state index contributed by atoms with van der Waals surface area (Å²) in [6, 6.07) is 15.0. The van der Waals surface area contributed by atoms with Crippen LogP contribution >= 0.6 is 0 Å². The highest BCUT2D eigenvalue weighted by molar-refractivity contribution is 5.83. The monoisotopic (exact) mass is 366 g/mol. The molecule has 0 spiro atoms. The second-order valence-electron chi connectivity index (χ2n) is 6.82. The van der Waals surface area contributed by atoms with Gasteiger partial charge in [0.1, 0.15) is 11.9 Å². The Hall–Kier alpha value is -2.75. The van der Waals surface area contributed by atoms with Gasteiger partial charge in [0.05, 0.1) is 11.6 Å². The highest BCUT2D eigenvalue weighted by Crippen LogP contribution is 2.23. The number of hydrogen-bond acceptors (Lipinski definition) is 4. The van der Waals surface area contributed by atoms with Gasteiger partial charge in [-0.3, -0.25) is 9.69 Å². The van der Waals surface area contributed by atoms with Crippen molar-refractivity contribution < 1.29 is 9.18 Å². The van der Waals surface area contributed by atoms with Crippen LogP contribution in [0.5, 0.6) is 0 Å². The third kappa shape index (κ3) is 4.91. The summed E-state index contributed by atoms with van der Waals surface area (Å²) in [7, 11) is 2.07. The van der Waals surface area contributed by atoms with Crippen LogP contribution in [0.3, 0.4) is 0 Å². The molecule has 1 N–H and O–H groups in total. The van der Waals surface area contributed by atoms with E-state index in [1.54, 1.807) is 24.3 Å². The molecule has 0 bridgehead atoms. The number of carbonyl (C=O) groups is 1. The first-order chi connectivity index (χ1) is 13.1. The molecule has 5 nitrogen and oxygen atoms in total. The summed E-state index contributed by atoms with van der Waals surface area (Å²) in [6.45, 7) is 3.74. The molecule has 140 valence electrons. The molecule has 1 unspecified atom stereocenters. The number of benzene rings is 2. The van der Waals surface area contributed by atoms with E-state index >= 15 is 0 Å². The maximum atomic E-state index is 13.1. The van der Waals surface area contributed by atoms with Gasteiger partial charge in [0.2, 0.25) is 5.91 Å². The highest BCUT2D eigenvalue weighted by atomic mass is 19.1. The number of piperazine rings is 1. The quantitative estimate of drug-likeness (QED) is 0.882. The molecule has 1 atom stereocenters. The number of likely N-dealkylation sites (N-methyl/N-ethyl adjacent to an activating group) is 1. The third-order valence-electron chi connectivity index (χ3n) is 4.89. The average molecular weight is 366 g/mol. The van der Waals surface area contributed by atoms with Crippen LogP contribution in [0.15, 0.2) is 48.5 Å². The molecule has 0 radical (unpaired) electrons. The predicted octanol–water partition coefficient (Wildman–Crippen LogP) is 2.30. The molecule has 27 heavy (non-hydrogen) atoms. The first kappa shape index (κ1) is 19.0. The first-order valence-electron chi connectivity index (χ1n) is 9.01. The van der Waals surface area contributed by atoms with Gasteiger partial charge in [-0.15, -0.1) is 0 Å². The molecule has 3 rings (SSSR count). The topological polar surface area (TPSA) is 59.4 Å². The molecule has 0 aliphatic carbocycles. The zero-order chi connectivity index (χ0) is 19.2. The van der Waals surface area contributed by atoms with Gasteiger partial charge in [0.15, 0.2) is 0 Å². The van der Waals surface area contributed by atoms with Gasteiger partial charge >= 0.3 is 0 Å². The molecule has 2 aromatic carbocycles. The predicted molar refractivity (Wildman–Crippen MR) is 101 cm³/mol. The molecule has 1 saturated heterocycles. The van der Waals surface area contributed by atoms with Crippen molar-refractivity contribution in [3.63, 3.8) is 0 Å². The smallest absolute Gasteiger partial charge is 0.242 e. The minimum atomic E-state index is -0.410. The van der Waals surface area contributed by atoms with E-state index in [2.05, 4.69) is 28.2 Å². The molecule has 1 aliphatic heterocycles. The summed E-state index contributed by atoms with van der Waals surface area (Å²) < 4.78 is 13.1. The lowest BCUT2D eigenvalue weighted by Gasteiger charge is -2.37. The number of amides is 1. The van der Waals surface area contributed by atoms with Gasteiger partial charge < -0.3 is 10.2 Å². The molecular formula is C21H23FN4O. The maximum Gasteiger partial charge on any atom is 0.242 e. The SMILES string of the molecule is CN1CCN(C(C(=O)NCc2ccc(F)cc2)c2ccc(C#N)cc2)CC1. The van der Waals surface area contributed by atoms with Gasteiger partial charge in [-0.2, -0.15) is 5.26 Å². The molecule has 1 fully saturated rings. The molecule has 1 aliphatic rings. The van der Waals surface area contributed by atoms with Crippen molar-refractivity contribution in [3.8, 4) is 6.07 Å². The first-order valence-corrected chi connectivity index (χ1v) is 9.01. The van der Waals surface area contributed by atoms with Crippen LogP contribution in [-0.4, -0.2) is 48.9 Å². The van der Waals surface area contributed by atoms with Crippen molar-refractivity contribution in [3.05, 3.63) is 71.0 Å². The van der Waals surface area contributed by atoms with E-state index in [-0.39, 0.29) is 11.7 Å². The normalized spacial score (nSPS) is 16.5. The Labute approximate surface area is 159 Å². The minimum absolute atomic E-state index is 0.0893. The fourth-order valence-corrected chi connectivity index (χ4v) is 3.24. The molecule has 1 amide bonds. The summed E-state index contributed by atoms with van der Waals surface area (Å²) in [5.41, 5.74) is 2.29. The van der Waals surface area contributed by atoms with E-state index in [4.69, 9.17) is 5.26 Å². The number of rotatable bonds is 5. The zero-order valence-electron chi connectivity index (χ0n) is 15.4. The van der Waals surface area contributed by atoms with Crippen molar-refractivity contribution in [2.24, 2.45) is 0 Å². The molecular weight excluding hydrogens is 343 g/mol. The van der Waals surface area contributed by atoms with E-state index in [0.29, 0.717) is 12.1 Å². The maximum absolute atomic E-state index is 13.1. The van der Waals surface area contributed by atoms with Crippen LogP contribution in [0.1, 0.15) is 22.7 Å². The Morgan fingerprint density at radius 3 is 2.33 bits per heavy atom. The highest BCUT2D eigenvalue weighted by Gasteiger charge is 2.29. The largest absolute Gasteiger partial charge is 0.350 e. The standard InChI is InChI=1S/C21H23FN4O/c1-25-10-12-26(13-11-25)20(18-6-2-16(14-23)3-7-18)21(27)24-15-17-4-8-19(22)9-5-17/h2-9,20H,10-13,15H2,1H3,(H,24,27). The van der Waals surface area contributed by atoms with Crippen molar-refractivity contribution >= 4 is 5.91 Å². The summed E-state index contributed by atoms with van der Waals surface area (Å²) in [6.07, 6.45) is 0. The molecule has 0 aromatic heterocycles. The van der Waals surface area contributed by atoms with E-state index < -0.39 is 6.04 Å². The van der Waals surface area contributed by atoms with Gasteiger partial charge in [0.25, 0.3) is 0 Å². The van der Waals surface area contributed by atoms with Crippen LogP contribution in [0, 0.1) is 17.1 Å².